The van der Waals surface area contributed by atoms with Gasteiger partial charge < -0.3 is 15.2 Å². The summed E-state index contributed by atoms with van der Waals surface area (Å²) in [5.74, 6) is -0.221. The van der Waals surface area contributed by atoms with Gasteiger partial charge in [-0.15, -0.1) is 11.3 Å². The Balaban J connectivity index is 1.30. The zero-order chi connectivity index (χ0) is 25.9. The smallest absolute Gasteiger partial charge is 0.341 e. The number of carbonyl (C=O) groups is 2. The Labute approximate surface area is 221 Å². The van der Waals surface area contributed by atoms with Crippen LogP contribution in [0.15, 0.2) is 96.4 Å². The molecule has 5 nitrogen and oxygen atoms in total. The Bertz CT molecular complexity index is 1250. The molecule has 0 aliphatic heterocycles. The van der Waals surface area contributed by atoms with Gasteiger partial charge >= 0.3 is 5.97 Å². The van der Waals surface area contributed by atoms with Crippen LogP contribution in [0, 0.1) is 0 Å². The number of aryl methyl sites for hydroxylation is 2. The number of carboxylic acid groups (broad SMARTS) is 1. The van der Waals surface area contributed by atoms with E-state index in [0.717, 1.165) is 41.7 Å². The van der Waals surface area contributed by atoms with Crippen molar-refractivity contribution in [2.45, 2.75) is 31.6 Å². The third-order valence-corrected chi connectivity index (χ3v) is 7.20. The number of ether oxygens (including phenoxy) is 1. The first-order valence-electron chi connectivity index (χ1n) is 12.5. The first-order chi connectivity index (χ1) is 18.1. The van der Waals surface area contributed by atoms with E-state index in [4.69, 9.17) is 9.84 Å². The average molecular weight is 514 g/mol. The fourth-order valence-corrected chi connectivity index (χ4v) is 5.31. The zero-order valence-electron chi connectivity index (χ0n) is 20.6. The van der Waals surface area contributed by atoms with Gasteiger partial charge in [0.15, 0.2) is 6.61 Å². The SMILES string of the molecule is O=C(O)COc1cccc(CCCNC(=O)c2sccc2CCC(c2ccccc2)c2ccccc2)c1. The molecule has 37 heavy (non-hydrogen) atoms. The summed E-state index contributed by atoms with van der Waals surface area (Å²) in [6.07, 6.45) is 3.28. The number of hydrogen-bond acceptors (Lipinski definition) is 4. The standard InChI is InChI=1S/C31H31NO4S/c33-29(34)22-36-27-15-7-9-23(21-27)10-8-19-32-31(35)30-26(18-20-37-30)16-17-28(24-11-3-1-4-12-24)25-13-5-2-6-14-25/h1-7,9,11-15,18,20-21,28H,8,10,16-17,19,22H2,(H,32,35)(H,33,34). The van der Waals surface area contributed by atoms with Gasteiger partial charge in [-0.2, -0.15) is 0 Å². The molecule has 1 aromatic heterocycles. The third-order valence-electron chi connectivity index (χ3n) is 6.25. The lowest BCUT2D eigenvalue weighted by Crippen LogP contribution is -2.24. The molecule has 0 fully saturated rings. The van der Waals surface area contributed by atoms with E-state index in [0.29, 0.717) is 12.3 Å². The molecule has 0 saturated carbocycles. The molecule has 6 heteroatoms. The van der Waals surface area contributed by atoms with Crippen molar-refractivity contribution >= 4 is 23.2 Å². The highest BCUT2D eigenvalue weighted by atomic mass is 32.1. The number of carbonyl (C=O) groups excluding carboxylic acids is 1. The van der Waals surface area contributed by atoms with Gasteiger partial charge in [0.1, 0.15) is 5.75 Å². The summed E-state index contributed by atoms with van der Waals surface area (Å²) in [7, 11) is 0. The van der Waals surface area contributed by atoms with Crippen molar-refractivity contribution in [1.82, 2.24) is 5.32 Å². The van der Waals surface area contributed by atoms with Gasteiger partial charge in [-0.25, -0.2) is 4.79 Å². The van der Waals surface area contributed by atoms with Gasteiger partial charge in [-0.05, 0) is 71.5 Å². The number of hydrogen-bond donors (Lipinski definition) is 2. The summed E-state index contributed by atoms with van der Waals surface area (Å²) in [6.45, 7) is 0.202. The summed E-state index contributed by atoms with van der Waals surface area (Å²) in [4.78, 5) is 24.4. The van der Waals surface area contributed by atoms with E-state index in [2.05, 4.69) is 59.9 Å². The normalized spacial score (nSPS) is 10.8. The molecule has 0 saturated heterocycles. The first-order valence-corrected chi connectivity index (χ1v) is 13.4. The van der Waals surface area contributed by atoms with Crippen LogP contribution < -0.4 is 10.1 Å². The molecule has 0 bridgehead atoms. The first kappa shape index (κ1) is 26.2. The lowest BCUT2D eigenvalue weighted by molar-refractivity contribution is -0.139. The van der Waals surface area contributed by atoms with Crippen LogP contribution >= 0.6 is 11.3 Å². The van der Waals surface area contributed by atoms with Crippen molar-refractivity contribution in [2.24, 2.45) is 0 Å². The van der Waals surface area contributed by atoms with E-state index in [-0.39, 0.29) is 18.4 Å². The fraction of sp³-hybridized carbons (Fsp3) is 0.226. The van der Waals surface area contributed by atoms with Crippen molar-refractivity contribution < 1.29 is 19.4 Å². The van der Waals surface area contributed by atoms with Crippen LogP contribution in [0.3, 0.4) is 0 Å². The van der Waals surface area contributed by atoms with E-state index in [1.807, 2.05) is 35.7 Å². The second kappa shape index (κ2) is 13.4. The number of thiophene rings is 1. The van der Waals surface area contributed by atoms with Crippen molar-refractivity contribution in [2.75, 3.05) is 13.2 Å². The largest absolute Gasteiger partial charge is 0.482 e. The van der Waals surface area contributed by atoms with E-state index >= 15 is 0 Å². The second-order valence-corrected chi connectivity index (χ2v) is 9.79. The highest BCUT2D eigenvalue weighted by molar-refractivity contribution is 7.12. The van der Waals surface area contributed by atoms with Crippen LogP contribution in [0.4, 0.5) is 0 Å². The molecular formula is C31H31NO4S. The van der Waals surface area contributed by atoms with E-state index in [9.17, 15) is 9.59 Å². The molecule has 0 atom stereocenters. The van der Waals surface area contributed by atoms with Gasteiger partial charge in [0.25, 0.3) is 5.91 Å². The van der Waals surface area contributed by atoms with Crippen molar-refractivity contribution in [3.05, 3.63) is 124 Å². The Hall–Kier alpha value is -3.90. The zero-order valence-corrected chi connectivity index (χ0v) is 21.5. The quantitative estimate of drug-likeness (QED) is 0.205. The number of aliphatic carboxylic acids is 1. The minimum absolute atomic E-state index is 0.0282. The molecule has 190 valence electrons. The second-order valence-electron chi connectivity index (χ2n) is 8.88. The highest BCUT2D eigenvalue weighted by Crippen LogP contribution is 2.30. The van der Waals surface area contributed by atoms with E-state index in [1.54, 1.807) is 6.07 Å². The molecule has 0 aliphatic carbocycles. The molecule has 0 aliphatic rings. The number of amides is 1. The lowest BCUT2D eigenvalue weighted by Gasteiger charge is -2.18. The van der Waals surface area contributed by atoms with Crippen LogP contribution in [0.5, 0.6) is 5.75 Å². The van der Waals surface area contributed by atoms with Gasteiger partial charge in [-0.3, -0.25) is 4.79 Å². The van der Waals surface area contributed by atoms with E-state index in [1.165, 1.54) is 22.5 Å². The van der Waals surface area contributed by atoms with Crippen LogP contribution in [-0.2, 0) is 17.6 Å². The maximum absolute atomic E-state index is 12.9. The van der Waals surface area contributed by atoms with Crippen LogP contribution in [-0.4, -0.2) is 30.1 Å². The summed E-state index contributed by atoms with van der Waals surface area (Å²) >= 11 is 1.49. The van der Waals surface area contributed by atoms with Gasteiger partial charge in [0.05, 0.1) is 4.88 Å². The van der Waals surface area contributed by atoms with E-state index < -0.39 is 5.97 Å². The predicted molar refractivity (Wildman–Crippen MR) is 148 cm³/mol. The molecular weight excluding hydrogens is 482 g/mol. The monoisotopic (exact) mass is 513 g/mol. The maximum Gasteiger partial charge on any atom is 0.341 e. The number of rotatable bonds is 13. The fourth-order valence-electron chi connectivity index (χ4n) is 4.44. The maximum atomic E-state index is 12.9. The van der Waals surface area contributed by atoms with Gasteiger partial charge in [-0.1, -0.05) is 72.8 Å². The summed E-state index contributed by atoms with van der Waals surface area (Å²) in [5.41, 5.74) is 4.70. The Morgan fingerprint density at radius 3 is 2.24 bits per heavy atom. The molecule has 4 aromatic rings. The molecule has 0 radical (unpaired) electrons. The van der Waals surface area contributed by atoms with Crippen LogP contribution in [0.1, 0.15) is 50.7 Å². The molecule has 4 rings (SSSR count). The number of benzene rings is 3. The van der Waals surface area contributed by atoms with Gasteiger partial charge in [0.2, 0.25) is 0 Å². The molecule has 3 aromatic carbocycles. The molecule has 1 amide bonds. The molecule has 0 unspecified atom stereocenters. The molecule has 2 N–H and O–H groups in total. The van der Waals surface area contributed by atoms with Crippen LogP contribution in [0.25, 0.3) is 0 Å². The summed E-state index contributed by atoms with van der Waals surface area (Å²) in [5, 5.41) is 13.8. The molecule has 1 heterocycles. The Morgan fingerprint density at radius 1 is 0.865 bits per heavy atom. The average Bonchev–Trinajstić information content (AvgIpc) is 3.40. The predicted octanol–water partition coefficient (Wildman–Crippen LogP) is 6.34. The number of nitrogens with one attached hydrogen (secondary N) is 1. The third kappa shape index (κ3) is 7.79. The lowest BCUT2D eigenvalue weighted by atomic mass is 9.86. The van der Waals surface area contributed by atoms with Crippen molar-refractivity contribution in [1.29, 1.82) is 0 Å². The minimum atomic E-state index is -1.00. The van der Waals surface area contributed by atoms with Crippen LogP contribution in [0.2, 0.25) is 0 Å². The number of carboxylic acids is 1. The van der Waals surface area contributed by atoms with Crippen molar-refractivity contribution in [3.8, 4) is 5.75 Å². The highest BCUT2D eigenvalue weighted by Gasteiger charge is 2.18. The minimum Gasteiger partial charge on any atom is -0.482 e. The topological polar surface area (TPSA) is 75.6 Å². The van der Waals surface area contributed by atoms with Gasteiger partial charge in [0, 0.05) is 12.5 Å². The summed E-state index contributed by atoms with van der Waals surface area (Å²) < 4.78 is 5.24. The Morgan fingerprint density at radius 2 is 1.57 bits per heavy atom. The molecule has 0 spiro atoms. The Kier molecular flexibility index (Phi) is 9.49. The van der Waals surface area contributed by atoms with Crippen molar-refractivity contribution in [3.63, 3.8) is 0 Å². The summed E-state index contributed by atoms with van der Waals surface area (Å²) in [6, 6.07) is 30.6.